The third-order valence-electron chi connectivity index (χ3n) is 8.39. The normalized spacial score (nSPS) is 20.5. The predicted octanol–water partition coefficient (Wildman–Crippen LogP) is 7.61. The van der Waals surface area contributed by atoms with Crippen LogP contribution in [0.25, 0.3) is 0 Å². The first kappa shape index (κ1) is 33.2. The van der Waals surface area contributed by atoms with Crippen LogP contribution in [0, 0.1) is 35.0 Å². The summed E-state index contributed by atoms with van der Waals surface area (Å²) in [6, 6.07) is 23.5. The Balaban J connectivity index is 1.42. The Kier molecular flexibility index (Phi) is 10.2. The number of hydrogen-bond donors (Lipinski definition) is 2. The van der Waals surface area contributed by atoms with E-state index in [9.17, 15) is 31.9 Å². The zero-order valence-electron chi connectivity index (χ0n) is 25.3. The number of rotatable bonds is 9. The number of hydrogen-bond acceptors (Lipinski definition) is 5. The van der Waals surface area contributed by atoms with Crippen LogP contribution in [0.2, 0.25) is 0 Å². The summed E-state index contributed by atoms with van der Waals surface area (Å²) in [5.74, 6) is -12.9. The van der Waals surface area contributed by atoms with Gasteiger partial charge in [0.2, 0.25) is 5.82 Å². The van der Waals surface area contributed by atoms with E-state index in [1.165, 1.54) is 18.2 Å². The van der Waals surface area contributed by atoms with Crippen molar-refractivity contribution < 1.29 is 41.3 Å². The highest BCUT2D eigenvalue weighted by Crippen LogP contribution is 2.42. The Labute approximate surface area is 263 Å². The molecule has 0 bridgehead atoms. The van der Waals surface area contributed by atoms with E-state index < -0.39 is 53.0 Å². The lowest BCUT2D eigenvalue weighted by molar-refractivity contribution is -0.276. The molecule has 242 valence electrons. The average Bonchev–Trinajstić information content (AvgIpc) is 3.07. The monoisotopic (exact) mass is 640 g/mol. The zero-order valence-corrected chi connectivity index (χ0v) is 25.3. The molecule has 0 saturated carbocycles. The predicted molar refractivity (Wildman–Crippen MR) is 161 cm³/mol. The van der Waals surface area contributed by atoms with Gasteiger partial charge in [-0.1, -0.05) is 73.7 Å². The fourth-order valence-corrected chi connectivity index (χ4v) is 5.52. The van der Waals surface area contributed by atoms with Crippen molar-refractivity contribution in [2.75, 3.05) is 18.9 Å². The molecule has 0 radical (unpaired) electrons. The molecule has 0 aromatic heterocycles. The Bertz CT molecular complexity index is 1660. The number of aliphatic hydroxyl groups excluding tert-OH is 1. The van der Waals surface area contributed by atoms with Gasteiger partial charge in [0.05, 0.1) is 18.8 Å². The van der Waals surface area contributed by atoms with E-state index in [0.717, 1.165) is 16.7 Å². The molecule has 1 saturated heterocycles. The van der Waals surface area contributed by atoms with Crippen LogP contribution in [-0.4, -0.2) is 35.6 Å². The Hall–Kier alpha value is -4.16. The smallest absolute Gasteiger partial charge is 0.261 e. The summed E-state index contributed by atoms with van der Waals surface area (Å²) in [6.45, 7) is 4.53. The summed E-state index contributed by atoms with van der Waals surface area (Å²) in [5, 5.41) is 11.7. The van der Waals surface area contributed by atoms with Crippen LogP contribution in [0.3, 0.4) is 0 Å². The van der Waals surface area contributed by atoms with E-state index in [-0.39, 0.29) is 30.4 Å². The van der Waals surface area contributed by atoms with E-state index in [4.69, 9.17) is 9.47 Å². The van der Waals surface area contributed by atoms with Gasteiger partial charge in [0.25, 0.3) is 5.91 Å². The molecule has 0 spiro atoms. The molecule has 1 fully saturated rings. The standard InChI is InChI=1S/C35H33F5N2O4/c1-19-26(17-42(3)20(2)22-8-5-4-6-9-22)45-35(46-33(19)23-14-12-21(18-43)13-15-23)24-10-7-11-25(16-24)41-34(44)27-28(36)30(38)32(40)31(39)29(27)37/h4-16,19-20,26,33,35,43H,17-18H2,1-3H3,(H,41,44). The molecule has 1 heterocycles. The van der Waals surface area contributed by atoms with Crippen LogP contribution in [0.1, 0.15) is 64.9 Å². The molecule has 0 aliphatic carbocycles. The average molecular weight is 641 g/mol. The molecular weight excluding hydrogens is 607 g/mol. The summed E-state index contributed by atoms with van der Waals surface area (Å²) >= 11 is 0. The highest BCUT2D eigenvalue weighted by molar-refractivity contribution is 6.04. The minimum Gasteiger partial charge on any atom is -0.392 e. The van der Waals surface area contributed by atoms with Gasteiger partial charge in [-0.2, -0.15) is 0 Å². The lowest BCUT2D eigenvalue weighted by Crippen LogP contribution is -2.44. The first-order valence-electron chi connectivity index (χ1n) is 14.7. The number of nitrogens with one attached hydrogen (secondary N) is 1. The molecule has 5 rings (SSSR count). The third-order valence-corrected chi connectivity index (χ3v) is 8.39. The molecule has 11 heteroatoms. The lowest BCUT2D eigenvalue weighted by Gasteiger charge is -2.43. The van der Waals surface area contributed by atoms with Gasteiger partial charge < -0.3 is 19.9 Å². The van der Waals surface area contributed by atoms with Gasteiger partial charge in [-0.15, -0.1) is 0 Å². The minimum atomic E-state index is -2.35. The largest absolute Gasteiger partial charge is 0.392 e. The number of carbonyl (C=O) groups excluding carboxylic acids is 1. The van der Waals surface area contributed by atoms with Crippen LogP contribution in [0.5, 0.6) is 0 Å². The van der Waals surface area contributed by atoms with Crippen LogP contribution < -0.4 is 5.32 Å². The summed E-state index contributed by atoms with van der Waals surface area (Å²) in [6.07, 6.45) is -1.73. The molecule has 5 unspecified atom stereocenters. The quantitative estimate of drug-likeness (QED) is 0.112. The molecule has 1 aliphatic rings. The van der Waals surface area contributed by atoms with E-state index in [2.05, 4.69) is 29.3 Å². The minimum absolute atomic E-state index is 0.0208. The number of nitrogens with zero attached hydrogens (tertiary/aromatic N) is 1. The maximum atomic E-state index is 14.3. The number of amides is 1. The van der Waals surface area contributed by atoms with Gasteiger partial charge in [-0.3, -0.25) is 9.69 Å². The van der Waals surface area contributed by atoms with Crippen molar-refractivity contribution in [1.29, 1.82) is 0 Å². The number of anilines is 1. The zero-order chi connectivity index (χ0) is 33.1. The molecule has 6 nitrogen and oxygen atoms in total. The maximum Gasteiger partial charge on any atom is 0.261 e. The second kappa shape index (κ2) is 14.1. The van der Waals surface area contributed by atoms with E-state index in [1.54, 1.807) is 6.07 Å². The summed E-state index contributed by atoms with van der Waals surface area (Å²) in [7, 11) is 2.00. The van der Waals surface area contributed by atoms with Gasteiger partial charge in [0, 0.05) is 29.8 Å². The number of benzene rings is 4. The second-order valence-electron chi connectivity index (χ2n) is 11.4. The number of ether oxygens (including phenoxy) is 2. The van der Waals surface area contributed by atoms with E-state index >= 15 is 0 Å². The highest BCUT2D eigenvalue weighted by Gasteiger charge is 2.39. The lowest BCUT2D eigenvalue weighted by atomic mass is 9.89. The van der Waals surface area contributed by atoms with Crippen LogP contribution in [0.4, 0.5) is 27.6 Å². The van der Waals surface area contributed by atoms with Crippen LogP contribution >= 0.6 is 0 Å². The van der Waals surface area contributed by atoms with Gasteiger partial charge in [0.1, 0.15) is 5.56 Å². The van der Waals surface area contributed by atoms with Crippen molar-refractivity contribution in [1.82, 2.24) is 4.90 Å². The third kappa shape index (κ3) is 6.82. The molecule has 1 aliphatic heterocycles. The van der Waals surface area contributed by atoms with E-state index in [0.29, 0.717) is 12.1 Å². The molecule has 46 heavy (non-hydrogen) atoms. The van der Waals surface area contributed by atoms with Gasteiger partial charge in [-0.25, -0.2) is 22.0 Å². The first-order chi connectivity index (χ1) is 22.0. The van der Waals surface area contributed by atoms with E-state index in [1.807, 2.05) is 56.4 Å². The molecule has 4 aromatic carbocycles. The Morgan fingerprint density at radius 3 is 2.11 bits per heavy atom. The number of likely N-dealkylation sites (N-methyl/N-ethyl adjacent to an activating group) is 1. The topological polar surface area (TPSA) is 71.0 Å². The molecule has 2 N–H and O–H groups in total. The van der Waals surface area contributed by atoms with Crippen LogP contribution in [0.15, 0.2) is 78.9 Å². The molecule has 4 aromatic rings. The molecule has 1 amide bonds. The summed E-state index contributed by atoms with van der Waals surface area (Å²) in [4.78, 5) is 14.9. The Morgan fingerprint density at radius 2 is 1.48 bits per heavy atom. The number of halogens is 5. The maximum absolute atomic E-state index is 14.3. The molecule has 5 atom stereocenters. The van der Waals surface area contributed by atoms with Crippen LogP contribution in [-0.2, 0) is 16.1 Å². The van der Waals surface area contributed by atoms with Crippen molar-refractivity contribution in [3.8, 4) is 0 Å². The molecular formula is C35H33F5N2O4. The van der Waals surface area contributed by atoms with Crippen molar-refractivity contribution in [2.45, 2.75) is 45.0 Å². The number of aliphatic hydroxyl groups is 1. The second-order valence-corrected chi connectivity index (χ2v) is 11.4. The first-order valence-corrected chi connectivity index (χ1v) is 14.7. The number of carbonyl (C=O) groups is 1. The van der Waals surface area contributed by atoms with Gasteiger partial charge in [0.15, 0.2) is 29.6 Å². The van der Waals surface area contributed by atoms with Crippen molar-refractivity contribution in [3.63, 3.8) is 0 Å². The Morgan fingerprint density at radius 1 is 0.848 bits per heavy atom. The summed E-state index contributed by atoms with van der Waals surface area (Å²) in [5.41, 5.74) is 1.61. The highest BCUT2D eigenvalue weighted by atomic mass is 19.2. The SMILES string of the molecule is CC1C(CN(C)C(C)c2ccccc2)OC(c2cccc(NC(=O)c3c(F)c(F)c(F)c(F)c3F)c2)OC1c1ccc(CO)cc1. The van der Waals surface area contributed by atoms with Crippen molar-refractivity contribution >= 4 is 11.6 Å². The fourth-order valence-electron chi connectivity index (χ4n) is 5.52. The van der Waals surface area contributed by atoms with Crippen molar-refractivity contribution in [2.24, 2.45) is 5.92 Å². The van der Waals surface area contributed by atoms with Gasteiger partial charge in [-0.05, 0) is 42.8 Å². The van der Waals surface area contributed by atoms with Gasteiger partial charge >= 0.3 is 0 Å². The summed E-state index contributed by atoms with van der Waals surface area (Å²) < 4.78 is 82.5. The van der Waals surface area contributed by atoms with Crippen molar-refractivity contribution in [3.05, 3.63) is 136 Å². The fraction of sp³-hybridized carbons (Fsp3) is 0.286.